The van der Waals surface area contributed by atoms with E-state index in [-0.39, 0.29) is 24.0 Å². The molecule has 0 aliphatic carbocycles. The van der Waals surface area contributed by atoms with Crippen molar-refractivity contribution in [3.8, 4) is 0 Å². The van der Waals surface area contributed by atoms with E-state index in [4.69, 9.17) is 4.99 Å². The molecule has 5 nitrogen and oxygen atoms in total. The van der Waals surface area contributed by atoms with Gasteiger partial charge in [0.05, 0.1) is 17.2 Å². The third kappa shape index (κ3) is 7.29. The molecule has 7 heteroatoms. The van der Waals surface area contributed by atoms with Crippen molar-refractivity contribution in [2.75, 3.05) is 32.1 Å². The van der Waals surface area contributed by atoms with Gasteiger partial charge in [-0.05, 0) is 44.9 Å². The first-order chi connectivity index (χ1) is 12.4. The van der Waals surface area contributed by atoms with E-state index in [1.165, 1.54) is 26.7 Å². The van der Waals surface area contributed by atoms with Crippen LogP contribution < -0.4 is 15.5 Å². The highest BCUT2D eigenvalue weighted by molar-refractivity contribution is 14.0. The first kappa shape index (κ1) is 23.7. The van der Waals surface area contributed by atoms with Crippen LogP contribution in [0.5, 0.6) is 0 Å². The van der Waals surface area contributed by atoms with Crippen LogP contribution in [0.3, 0.4) is 0 Å². The molecule has 0 bridgehead atoms. The van der Waals surface area contributed by atoms with Gasteiger partial charge in [0.15, 0.2) is 5.96 Å². The number of aromatic nitrogens is 1. The van der Waals surface area contributed by atoms with Crippen molar-refractivity contribution in [1.82, 2.24) is 15.6 Å². The van der Waals surface area contributed by atoms with E-state index >= 15 is 0 Å². The summed E-state index contributed by atoms with van der Waals surface area (Å²) in [5.41, 5.74) is 4.85. The molecule has 2 N–H and O–H groups in total. The average molecular weight is 501 g/mol. The summed E-state index contributed by atoms with van der Waals surface area (Å²) >= 11 is 1.78. The van der Waals surface area contributed by atoms with Crippen molar-refractivity contribution in [2.45, 2.75) is 40.7 Å². The van der Waals surface area contributed by atoms with Crippen LogP contribution in [0.25, 0.3) is 0 Å². The van der Waals surface area contributed by atoms with Gasteiger partial charge in [0.25, 0.3) is 0 Å². The van der Waals surface area contributed by atoms with Gasteiger partial charge in [-0.2, -0.15) is 0 Å². The smallest absolute Gasteiger partial charge is 0.191 e. The Kier molecular flexibility index (Phi) is 10.1. The molecule has 0 aliphatic heterocycles. The fourth-order valence-corrected chi connectivity index (χ4v) is 3.60. The zero-order valence-corrected chi connectivity index (χ0v) is 20.4. The maximum atomic E-state index is 4.76. The van der Waals surface area contributed by atoms with E-state index in [1.54, 1.807) is 11.3 Å². The third-order valence-corrected chi connectivity index (χ3v) is 5.31. The van der Waals surface area contributed by atoms with Crippen molar-refractivity contribution >= 4 is 47.0 Å². The van der Waals surface area contributed by atoms with Crippen LogP contribution in [0.4, 0.5) is 5.69 Å². The van der Waals surface area contributed by atoms with Crippen LogP contribution >= 0.6 is 35.3 Å². The summed E-state index contributed by atoms with van der Waals surface area (Å²) in [6.45, 7) is 10.7. The lowest BCUT2D eigenvalue weighted by molar-refractivity contribution is 0.795. The topological polar surface area (TPSA) is 52.6 Å². The molecule has 2 aromatic rings. The van der Waals surface area contributed by atoms with Crippen molar-refractivity contribution in [1.29, 1.82) is 0 Å². The van der Waals surface area contributed by atoms with Crippen LogP contribution in [0.1, 0.15) is 33.6 Å². The van der Waals surface area contributed by atoms with Crippen LogP contribution in [0.2, 0.25) is 0 Å². The Morgan fingerprint density at radius 2 is 1.93 bits per heavy atom. The highest BCUT2D eigenvalue weighted by Crippen LogP contribution is 2.21. The Bertz CT molecular complexity index is 735. The predicted molar refractivity (Wildman–Crippen MR) is 129 cm³/mol. The number of aryl methyl sites for hydroxylation is 3. The molecular formula is C20H32IN5S. The first-order valence-corrected chi connectivity index (χ1v) is 9.94. The van der Waals surface area contributed by atoms with Crippen LogP contribution in [0, 0.1) is 20.8 Å². The van der Waals surface area contributed by atoms with E-state index in [0.29, 0.717) is 6.54 Å². The number of hydrogen-bond donors (Lipinski definition) is 2. The maximum absolute atomic E-state index is 4.76. The maximum Gasteiger partial charge on any atom is 0.191 e. The number of nitrogens with one attached hydrogen (secondary N) is 2. The van der Waals surface area contributed by atoms with Gasteiger partial charge in [0.2, 0.25) is 0 Å². The van der Waals surface area contributed by atoms with E-state index in [1.807, 2.05) is 0 Å². The molecule has 0 radical (unpaired) electrons. The number of thiazole rings is 1. The van der Waals surface area contributed by atoms with Gasteiger partial charge in [-0.1, -0.05) is 12.1 Å². The molecule has 1 aromatic carbocycles. The molecule has 0 spiro atoms. The molecule has 2 rings (SSSR count). The summed E-state index contributed by atoms with van der Waals surface area (Å²) in [6.07, 6.45) is 0.914. The van der Waals surface area contributed by atoms with Crippen molar-refractivity contribution in [2.24, 2.45) is 4.99 Å². The summed E-state index contributed by atoms with van der Waals surface area (Å²) in [6, 6.07) is 6.52. The lowest BCUT2D eigenvalue weighted by Gasteiger charge is -2.18. The lowest BCUT2D eigenvalue weighted by atomic mass is 10.1. The van der Waals surface area contributed by atoms with Crippen molar-refractivity contribution < 1.29 is 0 Å². The van der Waals surface area contributed by atoms with E-state index < -0.39 is 0 Å². The molecule has 0 saturated heterocycles. The van der Waals surface area contributed by atoms with Crippen LogP contribution in [-0.4, -0.2) is 38.1 Å². The summed E-state index contributed by atoms with van der Waals surface area (Å²) in [7, 11) is 4.15. The van der Waals surface area contributed by atoms with E-state index in [9.17, 15) is 0 Å². The van der Waals surface area contributed by atoms with Gasteiger partial charge in [0.1, 0.15) is 0 Å². The zero-order chi connectivity index (χ0) is 19.1. The predicted octanol–water partition coefficient (Wildman–Crippen LogP) is 4.05. The van der Waals surface area contributed by atoms with Crippen molar-refractivity contribution in [3.63, 3.8) is 0 Å². The highest BCUT2D eigenvalue weighted by atomic mass is 127. The Hall–Kier alpha value is -1.35. The quantitative estimate of drug-likeness (QED) is 0.342. The second-order valence-electron chi connectivity index (χ2n) is 6.65. The summed E-state index contributed by atoms with van der Waals surface area (Å²) in [5.74, 6) is 0.850. The molecular weight excluding hydrogens is 469 g/mol. The van der Waals surface area contributed by atoms with Crippen LogP contribution in [-0.2, 0) is 13.0 Å². The zero-order valence-electron chi connectivity index (χ0n) is 17.2. The molecule has 0 fully saturated rings. The monoisotopic (exact) mass is 501 g/mol. The summed E-state index contributed by atoms with van der Waals surface area (Å²) < 4.78 is 0. The van der Waals surface area contributed by atoms with E-state index in [0.717, 1.165) is 31.2 Å². The number of aliphatic imine (C=N–C) groups is 1. The number of benzene rings is 1. The Balaban J connectivity index is 0.00000364. The minimum absolute atomic E-state index is 0. The van der Waals surface area contributed by atoms with Gasteiger partial charge in [-0.3, -0.25) is 0 Å². The SMILES string of the molecule is CCNC(=NCc1ccc(C)cc1N(C)C)NCCc1nc(C)c(C)s1.I. The normalized spacial score (nSPS) is 11.1. The van der Waals surface area contributed by atoms with Gasteiger partial charge < -0.3 is 15.5 Å². The molecule has 0 unspecified atom stereocenters. The number of nitrogens with zero attached hydrogens (tertiary/aromatic N) is 3. The second kappa shape index (κ2) is 11.5. The number of halogens is 1. The summed E-state index contributed by atoms with van der Waals surface area (Å²) in [4.78, 5) is 12.8. The molecule has 27 heavy (non-hydrogen) atoms. The number of rotatable bonds is 7. The average Bonchev–Trinajstić information content (AvgIpc) is 2.91. The van der Waals surface area contributed by atoms with Gasteiger partial charge in [-0.25, -0.2) is 9.98 Å². The highest BCUT2D eigenvalue weighted by Gasteiger charge is 2.06. The van der Waals surface area contributed by atoms with Crippen LogP contribution in [0.15, 0.2) is 23.2 Å². The number of hydrogen-bond acceptors (Lipinski definition) is 4. The Morgan fingerprint density at radius 3 is 2.52 bits per heavy atom. The molecule has 0 aliphatic rings. The molecule has 0 atom stereocenters. The minimum Gasteiger partial charge on any atom is -0.377 e. The lowest BCUT2D eigenvalue weighted by Crippen LogP contribution is -2.38. The second-order valence-corrected chi connectivity index (χ2v) is 7.94. The summed E-state index contributed by atoms with van der Waals surface area (Å²) in [5, 5.41) is 7.92. The molecule has 0 saturated carbocycles. The molecule has 1 aromatic heterocycles. The molecule has 0 amide bonds. The fourth-order valence-electron chi connectivity index (χ4n) is 2.66. The number of guanidine groups is 1. The third-order valence-electron chi connectivity index (χ3n) is 4.18. The largest absolute Gasteiger partial charge is 0.377 e. The fraction of sp³-hybridized carbons (Fsp3) is 0.500. The standard InChI is InChI=1S/C20H31N5S.HI/c1-7-21-20(22-11-10-19-24-15(3)16(4)26-19)23-13-17-9-8-14(2)12-18(17)25(5)6;/h8-9,12H,7,10-11,13H2,1-6H3,(H2,21,22,23);1H. The molecule has 1 heterocycles. The first-order valence-electron chi connectivity index (χ1n) is 9.12. The van der Waals surface area contributed by atoms with Gasteiger partial charge >= 0.3 is 0 Å². The number of anilines is 1. The van der Waals surface area contributed by atoms with E-state index in [2.05, 4.69) is 80.5 Å². The van der Waals surface area contributed by atoms with Gasteiger partial charge in [-0.15, -0.1) is 35.3 Å². The molecule has 150 valence electrons. The Labute approximate surface area is 184 Å². The Morgan fingerprint density at radius 1 is 1.19 bits per heavy atom. The van der Waals surface area contributed by atoms with Crippen molar-refractivity contribution in [3.05, 3.63) is 44.9 Å². The minimum atomic E-state index is 0. The van der Waals surface area contributed by atoms with Gasteiger partial charge in [0, 0.05) is 44.2 Å².